The predicted octanol–water partition coefficient (Wildman–Crippen LogP) is 2.04. The number of fused-ring (bicyclic) bond motifs is 1. The summed E-state index contributed by atoms with van der Waals surface area (Å²) in [6.45, 7) is 3.93. The maximum absolute atomic E-state index is 12.1. The largest absolute Gasteiger partial charge is 0.384 e. The van der Waals surface area contributed by atoms with Gasteiger partial charge in [0, 0.05) is 30.6 Å². The lowest BCUT2D eigenvalue weighted by Gasteiger charge is -2.18. The Balaban J connectivity index is 1.81. The molecule has 0 saturated carbocycles. The minimum atomic E-state index is 0.153. The number of rotatable bonds is 6. The summed E-state index contributed by atoms with van der Waals surface area (Å²) in [5, 5.41) is 6.46. The monoisotopic (exact) mass is 275 g/mol. The SMILES string of the molecule is CC(CCN(C)C)NC(=O)CC1CNc2ccccc21. The Labute approximate surface area is 121 Å². The quantitative estimate of drug-likeness (QED) is 0.835. The highest BCUT2D eigenvalue weighted by molar-refractivity contribution is 5.78. The summed E-state index contributed by atoms with van der Waals surface area (Å²) in [6, 6.07) is 8.48. The maximum Gasteiger partial charge on any atom is 0.220 e. The molecular weight excluding hydrogens is 250 g/mol. The zero-order valence-corrected chi connectivity index (χ0v) is 12.6. The average Bonchev–Trinajstić information content (AvgIpc) is 2.80. The number of anilines is 1. The Bertz CT molecular complexity index is 459. The van der Waals surface area contributed by atoms with Crippen molar-refractivity contribution in [3.8, 4) is 0 Å². The number of hydrogen-bond acceptors (Lipinski definition) is 3. The van der Waals surface area contributed by atoms with Gasteiger partial charge in [0.05, 0.1) is 0 Å². The second-order valence-electron chi connectivity index (χ2n) is 5.93. The lowest BCUT2D eigenvalue weighted by molar-refractivity contribution is -0.122. The number of nitrogens with zero attached hydrogens (tertiary/aromatic N) is 1. The van der Waals surface area contributed by atoms with Crippen LogP contribution in [0.3, 0.4) is 0 Å². The lowest BCUT2D eigenvalue weighted by Crippen LogP contribution is -2.35. The highest BCUT2D eigenvalue weighted by Gasteiger charge is 2.24. The highest BCUT2D eigenvalue weighted by atomic mass is 16.1. The number of carbonyl (C=O) groups excluding carboxylic acids is 1. The van der Waals surface area contributed by atoms with Crippen molar-refractivity contribution in [1.82, 2.24) is 10.2 Å². The first-order chi connectivity index (χ1) is 9.56. The summed E-state index contributed by atoms with van der Waals surface area (Å²) >= 11 is 0. The zero-order valence-electron chi connectivity index (χ0n) is 12.6. The zero-order chi connectivity index (χ0) is 14.5. The number of para-hydroxylation sites is 1. The first-order valence-corrected chi connectivity index (χ1v) is 7.33. The number of benzene rings is 1. The van der Waals surface area contributed by atoms with Crippen LogP contribution in [0.15, 0.2) is 24.3 Å². The number of nitrogens with one attached hydrogen (secondary N) is 2. The number of hydrogen-bond donors (Lipinski definition) is 2. The van der Waals surface area contributed by atoms with Crippen LogP contribution in [0.5, 0.6) is 0 Å². The smallest absolute Gasteiger partial charge is 0.220 e. The summed E-state index contributed by atoms with van der Waals surface area (Å²) in [4.78, 5) is 14.3. The molecule has 2 N–H and O–H groups in total. The van der Waals surface area contributed by atoms with Gasteiger partial charge in [-0.3, -0.25) is 4.79 Å². The fourth-order valence-electron chi connectivity index (χ4n) is 2.62. The van der Waals surface area contributed by atoms with Crippen molar-refractivity contribution in [1.29, 1.82) is 0 Å². The van der Waals surface area contributed by atoms with Gasteiger partial charge in [0.2, 0.25) is 5.91 Å². The van der Waals surface area contributed by atoms with Crippen molar-refractivity contribution in [3.05, 3.63) is 29.8 Å². The molecule has 4 heteroatoms. The van der Waals surface area contributed by atoms with Crippen molar-refractivity contribution in [2.24, 2.45) is 0 Å². The Morgan fingerprint density at radius 3 is 2.95 bits per heavy atom. The van der Waals surface area contributed by atoms with Gasteiger partial charge < -0.3 is 15.5 Å². The van der Waals surface area contributed by atoms with E-state index in [-0.39, 0.29) is 11.9 Å². The van der Waals surface area contributed by atoms with Crippen LogP contribution in [0.25, 0.3) is 0 Å². The van der Waals surface area contributed by atoms with Crippen molar-refractivity contribution in [2.75, 3.05) is 32.5 Å². The Morgan fingerprint density at radius 2 is 2.20 bits per heavy atom. The summed E-state index contributed by atoms with van der Waals surface area (Å²) in [7, 11) is 4.10. The van der Waals surface area contributed by atoms with Gasteiger partial charge in [0.15, 0.2) is 0 Å². The second-order valence-corrected chi connectivity index (χ2v) is 5.93. The Hall–Kier alpha value is -1.55. The Kier molecular flexibility index (Phi) is 5.01. The molecular formula is C16H25N3O. The maximum atomic E-state index is 12.1. The third-order valence-corrected chi connectivity index (χ3v) is 3.79. The molecule has 110 valence electrons. The van der Waals surface area contributed by atoms with E-state index in [9.17, 15) is 4.79 Å². The van der Waals surface area contributed by atoms with Gasteiger partial charge in [-0.2, -0.15) is 0 Å². The molecule has 1 amide bonds. The van der Waals surface area contributed by atoms with E-state index in [1.165, 1.54) is 11.3 Å². The molecule has 1 aromatic rings. The molecule has 4 nitrogen and oxygen atoms in total. The molecule has 20 heavy (non-hydrogen) atoms. The molecule has 1 aromatic carbocycles. The van der Waals surface area contributed by atoms with Crippen LogP contribution < -0.4 is 10.6 Å². The first kappa shape index (κ1) is 14.9. The van der Waals surface area contributed by atoms with E-state index in [2.05, 4.69) is 48.7 Å². The van der Waals surface area contributed by atoms with E-state index >= 15 is 0 Å². The molecule has 2 rings (SSSR count). The standard InChI is InChI=1S/C16H25N3O/c1-12(8-9-19(2)3)18-16(20)10-13-11-17-15-7-5-4-6-14(13)15/h4-7,12-13,17H,8-11H2,1-3H3,(H,18,20). The first-order valence-electron chi connectivity index (χ1n) is 7.33. The summed E-state index contributed by atoms with van der Waals surface area (Å²) in [5.41, 5.74) is 2.44. The molecule has 0 bridgehead atoms. The summed E-state index contributed by atoms with van der Waals surface area (Å²) < 4.78 is 0. The van der Waals surface area contributed by atoms with Crippen LogP contribution in [-0.4, -0.2) is 44.0 Å². The van der Waals surface area contributed by atoms with Gasteiger partial charge in [0.1, 0.15) is 0 Å². The molecule has 1 aliphatic rings. The molecule has 0 saturated heterocycles. The van der Waals surface area contributed by atoms with Crippen molar-refractivity contribution in [2.45, 2.75) is 31.7 Å². The molecule has 0 spiro atoms. The molecule has 0 aromatic heterocycles. The minimum absolute atomic E-state index is 0.153. The van der Waals surface area contributed by atoms with E-state index in [1.807, 2.05) is 12.1 Å². The molecule has 2 unspecified atom stereocenters. The number of amides is 1. The van der Waals surface area contributed by atoms with E-state index in [0.717, 1.165) is 19.5 Å². The van der Waals surface area contributed by atoms with Gasteiger partial charge in [-0.25, -0.2) is 0 Å². The van der Waals surface area contributed by atoms with Crippen molar-refractivity contribution in [3.63, 3.8) is 0 Å². The van der Waals surface area contributed by atoms with Gasteiger partial charge in [0.25, 0.3) is 0 Å². The van der Waals surface area contributed by atoms with Gasteiger partial charge >= 0.3 is 0 Å². The van der Waals surface area contributed by atoms with E-state index in [4.69, 9.17) is 0 Å². The minimum Gasteiger partial charge on any atom is -0.384 e. The Morgan fingerprint density at radius 1 is 1.45 bits per heavy atom. The molecule has 0 fully saturated rings. The fourth-order valence-corrected chi connectivity index (χ4v) is 2.62. The topological polar surface area (TPSA) is 44.4 Å². The van der Waals surface area contributed by atoms with Crippen LogP contribution in [0, 0.1) is 0 Å². The molecule has 1 aliphatic heterocycles. The molecule has 0 radical (unpaired) electrons. The highest BCUT2D eigenvalue weighted by Crippen LogP contribution is 2.32. The normalized spacial score (nSPS) is 18.5. The third-order valence-electron chi connectivity index (χ3n) is 3.79. The van der Waals surface area contributed by atoms with E-state index in [0.29, 0.717) is 12.3 Å². The number of carbonyl (C=O) groups is 1. The third kappa shape index (κ3) is 3.97. The van der Waals surface area contributed by atoms with Crippen molar-refractivity contribution >= 4 is 11.6 Å². The summed E-state index contributed by atoms with van der Waals surface area (Å²) in [6.07, 6.45) is 1.55. The van der Waals surface area contributed by atoms with Crippen molar-refractivity contribution < 1.29 is 4.79 Å². The average molecular weight is 275 g/mol. The molecule has 2 atom stereocenters. The van der Waals surface area contributed by atoms with E-state index < -0.39 is 0 Å². The van der Waals surface area contributed by atoms with Crippen LogP contribution in [0.1, 0.15) is 31.2 Å². The van der Waals surface area contributed by atoms with Crippen LogP contribution in [0.2, 0.25) is 0 Å². The van der Waals surface area contributed by atoms with Crippen LogP contribution in [-0.2, 0) is 4.79 Å². The second kappa shape index (κ2) is 6.75. The molecule has 1 heterocycles. The van der Waals surface area contributed by atoms with Gasteiger partial charge in [-0.15, -0.1) is 0 Å². The van der Waals surface area contributed by atoms with Crippen LogP contribution >= 0.6 is 0 Å². The van der Waals surface area contributed by atoms with Gasteiger partial charge in [-0.05, 0) is 45.6 Å². The fraction of sp³-hybridized carbons (Fsp3) is 0.562. The van der Waals surface area contributed by atoms with E-state index in [1.54, 1.807) is 0 Å². The van der Waals surface area contributed by atoms with Crippen LogP contribution in [0.4, 0.5) is 5.69 Å². The predicted molar refractivity (Wildman–Crippen MR) is 83.1 cm³/mol. The summed E-state index contributed by atoms with van der Waals surface area (Å²) in [5.74, 6) is 0.451. The van der Waals surface area contributed by atoms with Gasteiger partial charge in [-0.1, -0.05) is 18.2 Å². The lowest BCUT2D eigenvalue weighted by atomic mass is 9.97. The molecule has 0 aliphatic carbocycles.